The lowest BCUT2D eigenvalue weighted by Crippen LogP contribution is -2.44. The highest BCUT2D eigenvalue weighted by molar-refractivity contribution is 9.10. The second kappa shape index (κ2) is 9.75. The summed E-state index contributed by atoms with van der Waals surface area (Å²) in [6.45, 7) is 0.825. The summed E-state index contributed by atoms with van der Waals surface area (Å²) in [4.78, 5) is 0. The molecule has 2 aliphatic carbocycles. The fourth-order valence-electron chi connectivity index (χ4n) is 5.08. The molecule has 2 aromatic carbocycles. The molecule has 0 bridgehead atoms. The number of aryl methyl sites for hydroxylation is 1. The average Bonchev–Trinajstić information content (AvgIpc) is 2.69. The van der Waals surface area contributed by atoms with Crippen molar-refractivity contribution in [1.82, 2.24) is 5.32 Å². The minimum atomic E-state index is -0.597. The molecule has 4 heteroatoms. The zero-order valence-corrected chi connectivity index (χ0v) is 18.8. The van der Waals surface area contributed by atoms with E-state index < -0.39 is 5.60 Å². The molecule has 0 radical (unpaired) electrons. The van der Waals surface area contributed by atoms with Gasteiger partial charge in [-0.25, -0.2) is 0 Å². The molecule has 2 unspecified atom stereocenters. The van der Waals surface area contributed by atoms with E-state index in [0.29, 0.717) is 6.04 Å². The van der Waals surface area contributed by atoms with Crippen LogP contribution in [-0.4, -0.2) is 17.3 Å². The van der Waals surface area contributed by atoms with Crippen LogP contribution in [0.15, 0.2) is 53.0 Å². The standard InChI is InChI=1S/C24H30BrNO.ClH/c25-20-11-6-10-19(16-20)22(24(27)14-4-1-5-15-24)17-26-23-13-7-9-18-8-2-3-12-21(18)23;/h2-3,6,8,10-12,16,22-23,26-27H,1,4-5,7,9,13-15,17H2;1H. The van der Waals surface area contributed by atoms with E-state index in [4.69, 9.17) is 0 Å². The molecule has 0 amide bonds. The Morgan fingerprint density at radius 1 is 1.04 bits per heavy atom. The summed E-state index contributed by atoms with van der Waals surface area (Å²) in [7, 11) is 0. The summed E-state index contributed by atoms with van der Waals surface area (Å²) in [5.41, 5.74) is 3.58. The first kappa shape index (κ1) is 21.8. The molecule has 0 aliphatic heterocycles. The van der Waals surface area contributed by atoms with Crippen LogP contribution < -0.4 is 5.32 Å². The van der Waals surface area contributed by atoms with Crippen LogP contribution in [0.3, 0.4) is 0 Å². The first-order valence-corrected chi connectivity index (χ1v) is 11.2. The molecule has 2 aliphatic rings. The third-order valence-electron chi connectivity index (χ3n) is 6.56. The van der Waals surface area contributed by atoms with Crippen LogP contribution in [0.4, 0.5) is 0 Å². The Labute approximate surface area is 183 Å². The molecule has 152 valence electrons. The van der Waals surface area contributed by atoms with Crippen LogP contribution in [0.25, 0.3) is 0 Å². The lowest BCUT2D eigenvalue weighted by Gasteiger charge is -2.41. The zero-order valence-electron chi connectivity index (χ0n) is 16.4. The first-order chi connectivity index (χ1) is 13.2. The van der Waals surface area contributed by atoms with Gasteiger partial charge in [-0.05, 0) is 60.9 Å². The molecule has 0 aromatic heterocycles. The summed E-state index contributed by atoms with van der Waals surface area (Å²) in [5, 5.41) is 15.4. The van der Waals surface area contributed by atoms with Crippen molar-refractivity contribution in [2.45, 2.75) is 68.9 Å². The Kier molecular flexibility index (Phi) is 7.60. The maximum Gasteiger partial charge on any atom is 0.0728 e. The topological polar surface area (TPSA) is 32.3 Å². The van der Waals surface area contributed by atoms with Crippen molar-refractivity contribution in [3.63, 3.8) is 0 Å². The smallest absolute Gasteiger partial charge is 0.0728 e. The first-order valence-electron chi connectivity index (χ1n) is 10.4. The molecule has 28 heavy (non-hydrogen) atoms. The second-order valence-corrected chi connectivity index (χ2v) is 9.24. The van der Waals surface area contributed by atoms with E-state index in [1.54, 1.807) is 0 Å². The van der Waals surface area contributed by atoms with Crippen LogP contribution in [0, 0.1) is 0 Å². The third-order valence-corrected chi connectivity index (χ3v) is 7.05. The monoisotopic (exact) mass is 463 g/mol. The van der Waals surface area contributed by atoms with Crippen molar-refractivity contribution in [3.05, 3.63) is 69.7 Å². The summed E-state index contributed by atoms with van der Waals surface area (Å²) >= 11 is 3.62. The predicted octanol–water partition coefficient (Wildman–Crippen LogP) is 6.32. The van der Waals surface area contributed by atoms with Gasteiger partial charge < -0.3 is 10.4 Å². The van der Waals surface area contributed by atoms with Gasteiger partial charge in [0.1, 0.15) is 0 Å². The van der Waals surface area contributed by atoms with Crippen LogP contribution >= 0.6 is 28.3 Å². The molecular formula is C24H31BrClNO. The Morgan fingerprint density at radius 3 is 2.61 bits per heavy atom. The maximum atomic E-state index is 11.5. The van der Waals surface area contributed by atoms with Gasteiger partial charge in [-0.15, -0.1) is 12.4 Å². The molecule has 2 aromatic rings. The van der Waals surface area contributed by atoms with Gasteiger partial charge >= 0.3 is 0 Å². The lowest BCUT2D eigenvalue weighted by molar-refractivity contribution is -0.0222. The minimum Gasteiger partial charge on any atom is -0.389 e. The third kappa shape index (κ3) is 4.81. The van der Waals surface area contributed by atoms with Gasteiger partial charge in [0.2, 0.25) is 0 Å². The van der Waals surface area contributed by atoms with Crippen LogP contribution in [0.5, 0.6) is 0 Å². The summed E-state index contributed by atoms with van der Waals surface area (Å²) in [6.07, 6.45) is 8.94. The molecule has 1 fully saturated rings. The lowest BCUT2D eigenvalue weighted by atomic mass is 9.72. The summed E-state index contributed by atoms with van der Waals surface area (Å²) in [5.74, 6) is 0.129. The van der Waals surface area contributed by atoms with Crippen molar-refractivity contribution in [2.75, 3.05) is 6.54 Å². The maximum absolute atomic E-state index is 11.5. The number of fused-ring (bicyclic) bond motifs is 1. The molecule has 1 saturated carbocycles. The van der Waals surface area contributed by atoms with E-state index >= 15 is 0 Å². The van der Waals surface area contributed by atoms with Crippen molar-refractivity contribution >= 4 is 28.3 Å². The Hall–Kier alpha value is -0.870. The minimum absolute atomic E-state index is 0. The van der Waals surface area contributed by atoms with E-state index in [-0.39, 0.29) is 18.3 Å². The SMILES string of the molecule is Cl.OC1(C(CNC2CCCc3ccccc32)c2cccc(Br)c2)CCCCC1. The second-order valence-electron chi connectivity index (χ2n) is 8.32. The number of nitrogens with one attached hydrogen (secondary N) is 1. The number of hydrogen-bond acceptors (Lipinski definition) is 2. The van der Waals surface area contributed by atoms with Crippen LogP contribution in [0.2, 0.25) is 0 Å². The molecule has 2 nitrogen and oxygen atoms in total. The quantitative estimate of drug-likeness (QED) is 0.543. The molecular weight excluding hydrogens is 434 g/mol. The van der Waals surface area contributed by atoms with Gasteiger partial charge in [0.05, 0.1) is 5.60 Å². The highest BCUT2D eigenvalue weighted by Crippen LogP contribution is 2.41. The number of rotatable bonds is 5. The van der Waals surface area contributed by atoms with Gasteiger partial charge in [-0.3, -0.25) is 0 Å². The molecule has 2 N–H and O–H groups in total. The van der Waals surface area contributed by atoms with E-state index in [2.05, 4.69) is 69.8 Å². The largest absolute Gasteiger partial charge is 0.389 e. The van der Waals surface area contributed by atoms with E-state index in [1.165, 1.54) is 42.4 Å². The summed E-state index contributed by atoms with van der Waals surface area (Å²) in [6, 6.07) is 17.8. The fourth-order valence-corrected chi connectivity index (χ4v) is 5.50. The highest BCUT2D eigenvalue weighted by Gasteiger charge is 2.39. The van der Waals surface area contributed by atoms with E-state index in [1.807, 2.05) is 0 Å². The zero-order chi connectivity index (χ0) is 18.7. The van der Waals surface area contributed by atoms with Crippen molar-refractivity contribution in [1.29, 1.82) is 0 Å². The molecule has 4 rings (SSSR count). The van der Waals surface area contributed by atoms with Crippen molar-refractivity contribution in [2.24, 2.45) is 0 Å². The number of halogens is 2. The fraction of sp³-hybridized carbons (Fsp3) is 0.500. The van der Waals surface area contributed by atoms with Gasteiger partial charge in [-0.1, -0.05) is 71.6 Å². The molecule has 0 saturated heterocycles. The Morgan fingerprint density at radius 2 is 1.82 bits per heavy atom. The van der Waals surface area contributed by atoms with Gasteiger partial charge in [0, 0.05) is 23.0 Å². The van der Waals surface area contributed by atoms with Crippen molar-refractivity contribution in [3.8, 4) is 0 Å². The Balaban J connectivity index is 0.00000225. The average molecular weight is 465 g/mol. The highest BCUT2D eigenvalue weighted by atomic mass is 79.9. The van der Waals surface area contributed by atoms with Crippen LogP contribution in [-0.2, 0) is 6.42 Å². The van der Waals surface area contributed by atoms with Gasteiger partial charge in [0.15, 0.2) is 0 Å². The normalized spacial score (nSPS) is 22.0. The van der Waals surface area contributed by atoms with Gasteiger partial charge in [-0.2, -0.15) is 0 Å². The number of benzene rings is 2. The predicted molar refractivity (Wildman–Crippen MR) is 122 cm³/mol. The molecule has 0 heterocycles. The van der Waals surface area contributed by atoms with E-state index in [9.17, 15) is 5.11 Å². The Bertz CT molecular complexity index is 775. The van der Waals surface area contributed by atoms with Crippen LogP contribution in [0.1, 0.15) is 73.6 Å². The van der Waals surface area contributed by atoms with E-state index in [0.717, 1.165) is 36.7 Å². The molecule has 2 atom stereocenters. The number of hydrogen-bond donors (Lipinski definition) is 2. The van der Waals surface area contributed by atoms with Crippen molar-refractivity contribution < 1.29 is 5.11 Å². The number of aliphatic hydroxyl groups is 1. The van der Waals surface area contributed by atoms with Gasteiger partial charge in [0.25, 0.3) is 0 Å². The molecule has 0 spiro atoms. The summed E-state index contributed by atoms with van der Waals surface area (Å²) < 4.78 is 1.09.